The van der Waals surface area contributed by atoms with Gasteiger partial charge in [0.15, 0.2) is 0 Å². The number of hydrogen-bond acceptors (Lipinski definition) is 3. The maximum Gasteiger partial charge on any atom is 0.0880 e. The molecular weight excluding hydrogens is 152 g/mol. The van der Waals surface area contributed by atoms with Crippen molar-refractivity contribution in [1.29, 1.82) is 0 Å². The van der Waals surface area contributed by atoms with Crippen molar-refractivity contribution in [1.82, 2.24) is 15.1 Å². The van der Waals surface area contributed by atoms with Crippen LogP contribution in [0, 0.1) is 0 Å². The van der Waals surface area contributed by atoms with E-state index in [1.807, 2.05) is 6.20 Å². The molecule has 2 rings (SSSR count). The Bertz CT molecular complexity index is 249. The molecular formula is C8H14N4. The predicted molar refractivity (Wildman–Crippen MR) is 46.0 cm³/mol. The lowest BCUT2D eigenvalue weighted by Gasteiger charge is -2.18. The molecule has 12 heavy (non-hydrogen) atoms. The number of nitrogens with zero attached hydrogens (tertiary/aromatic N) is 3. The average molecular weight is 166 g/mol. The maximum absolute atomic E-state index is 5.43. The number of aromatic nitrogens is 3. The summed E-state index contributed by atoms with van der Waals surface area (Å²) in [4.78, 5) is 1.30. The third-order valence-electron chi connectivity index (χ3n) is 2.55. The first-order chi connectivity index (χ1) is 5.86. The van der Waals surface area contributed by atoms with Gasteiger partial charge in [-0.25, -0.2) is 0 Å². The van der Waals surface area contributed by atoms with Crippen molar-refractivity contribution in [3.8, 4) is 0 Å². The van der Waals surface area contributed by atoms with E-state index in [0.717, 1.165) is 5.69 Å². The van der Waals surface area contributed by atoms with Crippen LogP contribution in [0.1, 0.15) is 43.7 Å². The highest BCUT2D eigenvalue weighted by Crippen LogP contribution is 2.30. The Kier molecular flexibility index (Phi) is 1.98. The molecule has 66 valence electrons. The Morgan fingerprint density at radius 2 is 2.08 bits per heavy atom. The minimum Gasteiger partial charge on any atom is -0.322 e. The topological polar surface area (TPSA) is 56.7 Å². The van der Waals surface area contributed by atoms with E-state index in [4.69, 9.17) is 5.84 Å². The van der Waals surface area contributed by atoms with Crippen LogP contribution >= 0.6 is 0 Å². The van der Waals surface area contributed by atoms with Gasteiger partial charge < -0.3 is 5.84 Å². The van der Waals surface area contributed by atoms with Crippen molar-refractivity contribution in [2.75, 3.05) is 5.84 Å². The van der Waals surface area contributed by atoms with Crippen LogP contribution < -0.4 is 5.84 Å². The van der Waals surface area contributed by atoms with Gasteiger partial charge in [-0.15, -0.1) is 5.10 Å². The molecule has 0 aromatic carbocycles. The molecule has 0 bridgehead atoms. The van der Waals surface area contributed by atoms with E-state index in [0.29, 0.717) is 5.92 Å². The summed E-state index contributed by atoms with van der Waals surface area (Å²) in [6.45, 7) is 0. The normalized spacial score (nSPS) is 19.7. The summed E-state index contributed by atoms with van der Waals surface area (Å²) in [5, 5.41) is 7.76. The van der Waals surface area contributed by atoms with Crippen LogP contribution in [0.15, 0.2) is 6.20 Å². The van der Waals surface area contributed by atoms with E-state index in [1.54, 1.807) is 0 Å². The summed E-state index contributed by atoms with van der Waals surface area (Å²) in [5.74, 6) is 6.04. The number of rotatable bonds is 1. The van der Waals surface area contributed by atoms with Gasteiger partial charge >= 0.3 is 0 Å². The zero-order chi connectivity index (χ0) is 8.39. The zero-order valence-corrected chi connectivity index (χ0v) is 7.11. The molecule has 0 spiro atoms. The number of hydrogen-bond donors (Lipinski definition) is 1. The lowest BCUT2D eigenvalue weighted by Crippen LogP contribution is -2.08. The fraction of sp³-hybridized carbons (Fsp3) is 0.750. The second-order valence-electron chi connectivity index (χ2n) is 3.46. The van der Waals surface area contributed by atoms with E-state index in [9.17, 15) is 0 Å². The summed E-state index contributed by atoms with van der Waals surface area (Å²) in [6, 6.07) is 0. The van der Waals surface area contributed by atoms with Crippen molar-refractivity contribution in [3.05, 3.63) is 11.9 Å². The molecule has 1 heterocycles. The monoisotopic (exact) mass is 166 g/mol. The quantitative estimate of drug-likeness (QED) is 0.634. The average Bonchev–Trinajstić information content (AvgIpc) is 2.54. The number of nitrogens with two attached hydrogens (primary N) is 1. The predicted octanol–water partition coefficient (Wildman–Crippen LogP) is 1.04. The van der Waals surface area contributed by atoms with Gasteiger partial charge in [0.25, 0.3) is 0 Å². The first-order valence-electron chi connectivity index (χ1n) is 4.53. The van der Waals surface area contributed by atoms with Gasteiger partial charge in [-0.1, -0.05) is 19.3 Å². The summed E-state index contributed by atoms with van der Waals surface area (Å²) in [7, 11) is 0. The van der Waals surface area contributed by atoms with Crippen molar-refractivity contribution in [2.45, 2.75) is 38.0 Å². The summed E-state index contributed by atoms with van der Waals surface area (Å²) >= 11 is 0. The van der Waals surface area contributed by atoms with Gasteiger partial charge in [-0.3, -0.25) is 0 Å². The molecule has 0 radical (unpaired) electrons. The Labute approximate surface area is 71.7 Å². The standard InChI is InChI=1S/C8H14N4/c9-12-6-8(10-11-12)7-4-2-1-3-5-7/h6-7H,1-5,9H2. The molecule has 1 aliphatic carbocycles. The third-order valence-corrected chi connectivity index (χ3v) is 2.55. The molecule has 1 aromatic heterocycles. The van der Waals surface area contributed by atoms with Crippen LogP contribution in [0.3, 0.4) is 0 Å². The fourth-order valence-corrected chi connectivity index (χ4v) is 1.88. The summed E-state index contributed by atoms with van der Waals surface area (Å²) < 4.78 is 0. The molecule has 4 heteroatoms. The van der Waals surface area contributed by atoms with Crippen LogP contribution in [0.4, 0.5) is 0 Å². The van der Waals surface area contributed by atoms with Gasteiger partial charge in [-0.2, -0.15) is 4.79 Å². The first-order valence-corrected chi connectivity index (χ1v) is 4.53. The fourth-order valence-electron chi connectivity index (χ4n) is 1.88. The highest BCUT2D eigenvalue weighted by atomic mass is 15.6. The highest BCUT2D eigenvalue weighted by molar-refractivity contribution is 5.02. The Balaban J connectivity index is 2.08. The third kappa shape index (κ3) is 1.42. The highest BCUT2D eigenvalue weighted by Gasteiger charge is 2.17. The second-order valence-corrected chi connectivity index (χ2v) is 3.46. The van der Waals surface area contributed by atoms with E-state index in [1.165, 1.54) is 36.9 Å². The molecule has 0 amide bonds. The van der Waals surface area contributed by atoms with Crippen LogP contribution in [-0.2, 0) is 0 Å². The van der Waals surface area contributed by atoms with Gasteiger partial charge in [0.1, 0.15) is 0 Å². The smallest absolute Gasteiger partial charge is 0.0880 e. The maximum atomic E-state index is 5.43. The van der Waals surface area contributed by atoms with E-state index in [-0.39, 0.29) is 0 Å². The molecule has 4 nitrogen and oxygen atoms in total. The summed E-state index contributed by atoms with van der Waals surface area (Å²) in [6.07, 6.45) is 8.34. The molecule has 1 saturated carbocycles. The number of nitrogen functional groups attached to an aromatic ring is 1. The van der Waals surface area contributed by atoms with Crippen molar-refractivity contribution in [2.24, 2.45) is 0 Å². The Morgan fingerprint density at radius 1 is 1.33 bits per heavy atom. The molecule has 0 unspecified atom stereocenters. The Morgan fingerprint density at radius 3 is 2.67 bits per heavy atom. The first kappa shape index (κ1) is 7.58. The minimum atomic E-state index is 0.607. The lowest BCUT2D eigenvalue weighted by molar-refractivity contribution is 0.436. The van der Waals surface area contributed by atoms with Crippen LogP contribution in [0.2, 0.25) is 0 Å². The van der Waals surface area contributed by atoms with Crippen LogP contribution in [0.25, 0.3) is 0 Å². The van der Waals surface area contributed by atoms with Crippen molar-refractivity contribution >= 4 is 0 Å². The SMILES string of the molecule is Nn1cc(C2CCCCC2)nn1. The molecule has 2 N–H and O–H groups in total. The van der Waals surface area contributed by atoms with Gasteiger partial charge in [0.2, 0.25) is 0 Å². The largest absolute Gasteiger partial charge is 0.322 e. The minimum absolute atomic E-state index is 0.607. The van der Waals surface area contributed by atoms with Crippen molar-refractivity contribution < 1.29 is 0 Å². The summed E-state index contributed by atoms with van der Waals surface area (Å²) in [5.41, 5.74) is 1.07. The molecule has 0 saturated heterocycles. The van der Waals surface area contributed by atoms with E-state index in [2.05, 4.69) is 10.3 Å². The molecule has 1 fully saturated rings. The molecule has 0 atom stereocenters. The van der Waals surface area contributed by atoms with Gasteiger partial charge in [0, 0.05) is 5.92 Å². The van der Waals surface area contributed by atoms with Crippen LogP contribution in [0.5, 0.6) is 0 Å². The van der Waals surface area contributed by atoms with Crippen LogP contribution in [-0.4, -0.2) is 15.1 Å². The molecule has 1 aliphatic rings. The Hall–Kier alpha value is -1.06. The molecule has 0 aliphatic heterocycles. The van der Waals surface area contributed by atoms with Gasteiger partial charge in [0.05, 0.1) is 11.9 Å². The van der Waals surface area contributed by atoms with Crippen molar-refractivity contribution in [3.63, 3.8) is 0 Å². The van der Waals surface area contributed by atoms with E-state index >= 15 is 0 Å². The van der Waals surface area contributed by atoms with Gasteiger partial charge in [-0.05, 0) is 18.1 Å². The van der Waals surface area contributed by atoms with E-state index < -0.39 is 0 Å². The second kappa shape index (κ2) is 3.13. The lowest BCUT2D eigenvalue weighted by atomic mass is 9.87. The molecule has 1 aromatic rings. The zero-order valence-electron chi connectivity index (χ0n) is 7.11.